The molecule has 1 N–H and O–H groups in total. The number of fused-ring (bicyclic) bond motifs is 1. The molecule has 0 amide bonds. The zero-order chi connectivity index (χ0) is 23.5. The van der Waals surface area contributed by atoms with Gasteiger partial charge in [0.25, 0.3) is 0 Å². The van der Waals surface area contributed by atoms with Crippen LogP contribution in [-0.4, -0.2) is 46.0 Å². The number of likely N-dealkylation sites (tertiary alicyclic amines) is 1. The van der Waals surface area contributed by atoms with Crippen LogP contribution in [0.5, 0.6) is 11.5 Å². The molecule has 2 aromatic heterocycles. The van der Waals surface area contributed by atoms with Crippen molar-refractivity contribution in [1.82, 2.24) is 14.6 Å². The molecule has 1 fully saturated rings. The predicted octanol–water partition coefficient (Wildman–Crippen LogP) is 4.53. The van der Waals surface area contributed by atoms with Gasteiger partial charge in [0.1, 0.15) is 29.6 Å². The molecule has 1 aliphatic heterocycles. The second-order valence-corrected chi connectivity index (χ2v) is 8.98. The lowest BCUT2D eigenvalue weighted by molar-refractivity contribution is 0.154. The third-order valence-corrected chi connectivity index (χ3v) is 6.57. The molecule has 5 rings (SSSR count). The van der Waals surface area contributed by atoms with Crippen LogP contribution in [0.1, 0.15) is 35.4 Å². The number of ether oxygens (including phenoxy) is 2. The van der Waals surface area contributed by atoms with Gasteiger partial charge in [-0.2, -0.15) is 0 Å². The minimum Gasteiger partial charge on any atom is -0.497 e. The van der Waals surface area contributed by atoms with E-state index in [-0.39, 0.29) is 12.6 Å². The Balaban J connectivity index is 1.46. The molecule has 7 nitrogen and oxygen atoms in total. The minimum absolute atomic E-state index is 0.202. The number of rotatable bonds is 9. The number of aromatic nitrogens is 2. The number of aryl methyl sites for hydroxylation is 1. The van der Waals surface area contributed by atoms with E-state index in [9.17, 15) is 5.11 Å². The molecule has 0 bridgehead atoms. The first kappa shape index (κ1) is 22.5. The highest BCUT2D eigenvalue weighted by molar-refractivity contribution is 5.85. The van der Waals surface area contributed by atoms with Crippen LogP contribution in [-0.2, 0) is 19.7 Å². The van der Waals surface area contributed by atoms with Crippen molar-refractivity contribution in [3.63, 3.8) is 0 Å². The van der Waals surface area contributed by atoms with Crippen molar-refractivity contribution in [3.8, 4) is 11.5 Å². The number of aliphatic hydroxyl groups excluding tert-OH is 1. The van der Waals surface area contributed by atoms with Crippen molar-refractivity contribution in [2.24, 2.45) is 0 Å². The van der Waals surface area contributed by atoms with E-state index in [1.807, 2.05) is 31.2 Å². The maximum Gasteiger partial charge on any atom is 0.134 e. The average molecular weight is 462 g/mol. The summed E-state index contributed by atoms with van der Waals surface area (Å²) in [5.41, 5.74) is 4.35. The Hall–Kier alpha value is -3.29. The van der Waals surface area contributed by atoms with E-state index >= 15 is 0 Å². The second-order valence-electron chi connectivity index (χ2n) is 8.98. The summed E-state index contributed by atoms with van der Waals surface area (Å²) >= 11 is 0. The van der Waals surface area contributed by atoms with Gasteiger partial charge in [0.05, 0.1) is 13.7 Å². The zero-order valence-electron chi connectivity index (χ0n) is 19.7. The molecule has 0 saturated carbocycles. The molecule has 178 valence electrons. The van der Waals surface area contributed by atoms with E-state index in [0.717, 1.165) is 60.9 Å². The van der Waals surface area contributed by atoms with Crippen LogP contribution in [0.2, 0.25) is 0 Å². The van der Waals surface area contributed by atoms with Gasteiger partial charge >= 0.3 is 0 Å². The van der Waals surface area contributed by atoms with Gasteiger partial charge in [0.15, 0.2) is 0 Å². The number of hydrogen-bond donors (Lipinski definition) is 1. The second kappa shape index (κ2) is 9.91. The first-order valence-corrected chi connectivity index (χ1v) is 11.8. The van der Waals surface area contributed by atoms with E-state index in [4.69, 9.17) is 14.0 Å². The Kier molecular flexibility index (Phi) is 6.56. The molecule has 0 unspecified atom stereocenters. The van der Waals surface area contributed by atoms with Crippen molar-refractivity contribution in [3.05, 3.63) is 77.3 Å². The van der Waals surface area contributed by atoms with Crippen molar-refractivity contribution in [2.75, 3.05) is 20.3 Å². The molecule has 1 saturated heterocycles. The van der Waals surface area contributed by atoms with Gasteiger partial charge in [-0.3, -0.25) is 4.90 Å². The molecule has 0 aliphatic carbocycles. The lowest BCUT2D eigenvalue weighted by atomic mass is 10.1. The van der Waals surface area contributed by atoms with Gasteiger partial charge in [0, 0.05) is 42.3 Å². The maximum absolute atomic E-state index is 9.81. The fourth-order valence-corrected chi connectivity index (χ4v) is 4.84. The Bertz CT molecular complexity index is 1260. The Labute approximate surface area is 199 Å². The van der Waals surface area contributed by atoms with Crippen molar-refractivity contribution in [1.29, 1.82) is 0 Å². The highest BCUT2D eigenvalue weighted by Crippen LogP contribution is 2.30. The van der Waals surface area contributed by atoms with Crippen LogP contribution >= 0.6 is 0 Å². The number of hydrogen-bond acceptors (Lipinski definition) is 6. The molecule has 3 heterocycles. The predicted molar refractivity (Wildman–Crippen MR) is 130 cm³/mol. The molecule has 2 aromatic carbocycles. The molecule has 0 spiro atoms. The van der Waals surface area contributed by atoms with Crippen molar-refractivity contribution < 1.29 is 19.1 Å². The van der Waals surface area contributed by atoms with Gasteiger partial charge in [-0.05, 0) is 67.8 Å². The van der Waals surface area contributed by atoms with Crippen LogP contribution in [0.25, 0.3) is 10.9 Å². The maximum atomic E-state index is 9.81. The number of nitrogens with zero attached hydrogens (tertiary/aromatic N) is 3. The van der Waals surface area contributed by atoms with Gasteiger partial charge in [-0.25, -0.2) is 0 Å². The molecule has 0 radical (unpaired) electrons. The molecular weight excluding hydrogens is 430 g/mol. The smallest absolute Gasteiger partial charge is 0.134 e. The van der Waals surface area contributed by atoms with Crippen LogP contribution in [0.3, 0.4) is 0 Å². The molecule has 34 heavy (non-hydrogen) atoms. The lowest BCUT2D eigenvalue weighted by Gasteiger charge is -2.22. The number of benzene rings is 2. The SMILES string of the molecule is COc1cccc(Cn2cc(CN3CCC[C@H]3CO)c3cc(OCc4cc(C)on4)ccc32)c1. The first-order chi connectivity index (χ1) is 16.6. The monoisotopic (exact) mass is 461 g/mol. The summed E-state index contributed by atoms with van der Waals surface area (Å²) in [4.78, 5) is 2.39. The summed E-state index contributed by atoms with van der Waals surface area (Å²) < 4.78 is 18.9. The van der Waals surface area contributed by atoms with Crippen LogP contribution < -0.4 is 9.47 Å². The molecular formula is C27H31N3O4. The number of aliphatic hydroxyl groups is 1. The highest BCUT2D eigenvalue weighted by atomic mass is 16.5. The highest BCUT2D eigenvalue weighted by Gasteiger charge is 2.25. The zero-order valence-corrected chi connectivity index (χ0v) is 19.7. The lowest BCUT2D eigenvalue weighted by Crippen LogP contribution is -2.31. The minimum atomic E-state index is 0.202. The van der Waals surface area contributed by atoms with Gasteiger partial charge in [0.2, 0.25) is 0 Å². The third kappa shape index (κ3) is 4.81. The molecule has 4 aromatic rings. The third-order valence-electron chi connectivity index (χ3n) is 6.57. The first-order valence-electron chi connectivity index (χ1n) is 11.8. The summed E-state index contributed by atoms with van der Waals surface area (Å²) in [7, 11) is 1.69. The van der Waals surface area contributed by atoms with E-state index < -0.39 is 0 Å². The summed E-state index contributed by atoms with van der Waals surface area (Å²) in [6, 6.07) is 16.5. The fraction of sp³-hybridized carbons (Fsp3) is 0.370. The van der Waals surface area contributed by atoms with Gasteiger partial charge in [-0.1, -0.05) is 17.3 Å². The van der Waals surface area contributed by atoms with Gasteiger partial charge < -0.3 is 23.7 Å². The Morgan fingerprint density at radius 3 is 2.82 bits per heavy atom. The van der Waals surface area contributed by atoms with E-state index in [1.165, 1.54) is 16.5 Å². The molecule has 1 aliphatic rings. The number of methoxy groups -OCH3 is 1. The van der Waals surface area contributed by atoms with E-state index in [0.29, 0.717) is 6.61 Å². The van der Waals surface area contributed by atoms with Crippen LogP contribution in [0, 0.1) is 6.92 Å². The average Bonchev–Trinajstić information content (AvgIpc) is 3.57. The quantitative estimate of drug-likeness (QED) is 0.395. The fourth-order valence-electron chi connectivity index (χ4n) is 4.84. The van der Waals surface area contributed by atoms with Crippen LogP contribution in [0.15, 0.2) is 59.3 Å². The summed E-state index contributed by atoms with van der Waals surface area (Å²) in [5, 5.41) is 15.0. The molecule has 1 atom stereocenters. The Morgan fingerprint density at radius 2 is 2.03 bits per heavy atom. The van der Waals surface area contributed by atoms with Crippen molar-refractivity contribution >= 4 is 10.9 Å². The molecule has 7 heteroatoms. The normalized spacial score (nSPS) is 16.4. The van der Waals surface area contributed by atoms with E-state index in [2.05, 4.69) is 45.1 Å². The van der Waals surface area contributed by atoms with Gasteiger partial charge in [-0.15, -0.1) is 0 Å². The van der Waals surface area contributed by atoms with E-state index in [1.54, 1.807) is 7.11 Å². The standard InChI is InChI=1S/C27H31N3O4/c1-19-11-22(28-34-19)18-33-25-8-9-27-26(13-25)21(15-29-10-4-6-23(29)17-31)16-30(27)14-20-5-3-7-24(12-20)32-2/h3,5,7-9,11-13,16,23,31H,4,6,10,14-15,17-18H2,1-2H3/t23-/m0/s1. The Morgan fingerprint density at radius 1 is 1.12 bits per heavy atom. The summed E-state index contributed by atoms with van der Waals surface area (Å²) in [6.45, 7) is 5.00. The van der Waals surface area contributed by atoms with Crippen LogP contribution in [0.4, 0.5) is 0 Å². The summed E-state index contributed by atoms with van der Waals surface area (Å²) in [6.07, 6.45) is 4.41. The van der Waals surface area contributed by atoms with Crippen molar-refractivity contribution in [2.45, 2.75) is 45.5 Å². The largest absolute Gasteiger partial charge is 0.497 e. The summed E-state index contributed by atoms with van der Waals surface area (Å²) in [5.74, 6) is 2.43. The topological polar surface area (TPSA) is 72.9 Å².